The van der Waals surface area contributed by atoms with Crippen LogP contribution in [0, 0.1) is 19.3 Å². The normalized spacial score (nSPS) is 11.2. The van der Waals surface area contributed by atoms with Gasteiger partial charge in [-0.15, -0.1) is 11.3 Å². The van der Waals surface area contributed by atoms with Gasteiger partial charge in [-0.2, -0.15) is 0 Å². The molecule has 0 atom stereocenters. The Hall–Kier alpha value is -2.05. The molecule has 5 nitrogen and oxygen atoms in total. The molecule has 0 saturated heterocycles. The number of nitrogens with one attached hydrogen (secondary N) is 2. The van der Waals surface area contributed by atoms with E-state index in [0.29, 0.717) is 26.3 Å². The van der Waals surface area contributed by atoms with E-state index >= 15 is 0 Å². The van der Waals surface area contributed by atoms with Gasteiger partial charge in [-0.1, -0.05) is 32.4 Å². The number of hydrogen-bond acceptors (Lipinski definition) is 4. The molecule has 1 heterocycles. The number of aryl methyl sites for hydroxylation is 2. The van der Waals surface area contributed by atoms with Crippen LogP contribution in [0.4, 0.5) is 10.7 Å². The third kappa shape index (κ3) is 4.56. The molecule has 2 N–H and O–H groups in total. The Labute approximate surface area is 162 Å². The molecule has 2 aromatic rings. The first-order chi connectivity index (χ1) is 12.0. The minimum absolute atomic E-state index is 0.0966. The smallest absolute Gasteiger partial charge is 0.266 e. The van der Waals surface area contributed by atoms with Crippen LogP contribution in [0.25, 0.3) is 0 Å². The minimum Gasteiger partial charge on any atom is -0.495 e. The third-order valence-corrected chi connectivity index (χ3v) is 5.33. The van der Waals surface area contributed by atoms with Crippen molar-refractivity contribution in [2.45, 2.75) is 34.6 Å². The molecule has 0 spiro atoms. The number of carbonyl (C=O) groups excluding carboxylic acids is 2. The Morgan fingerprint density at radius 3 is 2.31 bits per heavy atom. The SMILES string of the molecule is COc1cc(Cl)c(C)cc1NC(=O)c1sc(NC(=O)C(C)(C)C)cc1C. The summed E-state index contributed by atoms with van der Waals surface area (Å²) in [5.74, 6) is 0.133. The van der Waals surface area contributed by atoms with Crippen molar-refractivity contribution in [1.29, 1.82) is 0 Å². The van der Waals surface area contributed by atoms with Gasteiger partial charge in [0.1, 0.15) is 5.75 Å². The van der Waals surface area contributed by atoms with Gasteiger partial charge in [0.2, 0.25) is 5.91 Å². The summed E-state index contributed by atoms with van der Waals surface area (Å²) < 4.78 is 5.29. The number of carbonyl (C=O) groups is 2. The molecule has 0 radical (unpaired) electrons. The summed E-state index contributed by atoms with van der Waals surface area (Å²) in [4.78, 5) is 25.4. The van der Waals surface area contributed by atoms with Gasteiger partial charge in [-0.25, -0.2) is 0 Å². The molecular weight excluding hydrogens is 372 g/mol. The van der Waals surface area contributed by atoms with Crippen molar-refractivity contribution < 1.29 is 14.3 Å². The first-order valence-electron chi connectivity index (χ1n) is 8.10. The van der Waals surface area contributed by atoms with Gasteiger partial charge in [0.15, 0.2) is 0 Å². The van der Waals surface area contributed by atoms with E-state index in [9.17, 15) is 9.59 Å². The van der Waals surface area contributed by atoms with Crippen LogP contribution in [-0.2, 0) is 4.79 Å². The number of amides is 2. The average Bonchev–Trinajstić information content (AvgIpc) is 2.90. The van der Waals surface area contributed by atoms with Crippen LogP contribution in [0.2, 0.25) is 5.02 Å². The fourth-order valence-electron chi connectivity index (χ4n) is 2.18. The van der Waals surface area contributed by atoms with Crippen molar-refractivity contribution in [3.05, 3.63) is 39.2 Å². The average molecular weight is 395 g/mol. The molecule has 1 aromatic heterocycles. The van der Waals surface area contributed by atoms with Crippen molar-refractivity contribution in [2.24, 2.45) is 5.41 Å². The molecule has 0 aliphatic heterocycles. The predicted octanol–water partition coefficient (Wildman–Crippen LogP) is 5.26. The van der Waals surface area contributed by atoms with Crippen molar-refractivity contribution in [3.63, 3.8) is 0 Å². The molecule has 2 rings (SSSR count). The van der Waals surface area contributed by atoms with Gasteiger partial charge in [-0.3, -0.25) is 9.59 Å². The van der Waals surface area contributed by atoms with E-state index in [1.54, 1.807) is 18.2 Å². The highest BCUT2D eigenvalue weighted by atomic mass is 35.5. The monoisotopic (exact) mass is 394 g/mol. The molecule has 2 amide bonds. The second kappa shape index (κ2) is 7.68. The van der Waals surface area contributed by atoms with Crippen LogP contribution in [0.5, 0.6) is 5.75 Å². The summed E-state index contributed by atoms with van der Waals surface area (Å²) in [5.41, 5.74) is 1.67. The van der Waals surface area contributed by atoms with Crippen molar-refractivity contribution >= 4 is 45.4 Å². The maximum atomic E-state index is 12.7. The molecule has 0 fully saturated rings. The molecule has 0 aliphatic carbocycles. The van der Waals surface area contributed by atoms with E-state index in [0.717, 1.165) is 11.1 Å². The van der Waals surface area contributed by atoms with Gasteiger partial charge < -0.3 is 15.4 Å². The molecule has 140 valence electrons. The zero-order chi connectivity index (χ0) is 19.6. The lowest BCUT2D eigenvalue weighted by molar-refractivity contribution is -0.123. The summed E-state index contributed by atoms with van der Waals surface area (Å²) in [7, 11) is 1.52. The van der Waals surface area contributed by atoms with Crippen molar-refractivity contribution in [3.8, 4) is 5.75 Å². The van der Waals surface area contributed by atoms with Crippen LogP contribution in [0.3, 0.4) is 0 Å². The highest BCUT2D eigenvalue weighted by molar-refractivity contribution is 7.18. The lowest BCUT2D eigenvalue weighted by atomic mass is 9.96. The highest BCUT2D eigenvalue weighted by Crippen LogP contribution is 2.33. The van der Waals surface area contributed by atoms with Crippen LogP contribution in [0.1, 0.15) is 41.6 Å². The second-order valence-corrected chi connectivity index (χ2v) is 8.54. The molecule has 26 heavy (non-hydrogen) atoms. The lowest BCUT2D eigenvalue weighted by Gasteiger charge is -2.16. The number of ether oxygens (including phenoxy) is 1. The first-order valence-corrected chi connectivity index (χ1v) is 9.29. The number of anilines is 2. The van der Waals surface area contributed by atoms with Gasteiger partial charge in [-0.05, 0) is 37.1 Å². The summed E-state index contributed by atoms with van der Waals surface area (Å²) in [5, 5.41) is 6.93. The topological polar surface area (TPSA) is 67.4 Å². The fourth-order valence-corrected chi connectivity index (χ4v) is 3.29. The Morgan fingerprint density at radius 1 is 1.08 bits per heavy atom. The Kier molecular flexibility index (Phi) is 5.98. The lowest BCUT2D eigenvalue weighted by Crippen LogP contribution is -2.27. The maximum absolute atomic E-state index is 12.7. The summed E-state index contributed by atoms with van der Waals surface area (Å²) in [6.07, 6.45) is 0. The minimum atomic E-state index is -0.505. The quantitative estimate of drug-likeness (QED) is 0.742. The number of methoxy groups -OCH3 is 1. The molecule has 0 bridgehead atoms. The van der Waals surface area contributed by atoms with Crippen LogP contribution < -0.4 is 15.4 Å². The number of benzene rings is 1. The number of rotatable bonds is 4. The first kappa shape index (κ1) is 20.3. The van der Waals surface area contributed by atoms with Crippen molar-refractivity contribution in [2.75, 3.05) is 17.7 Å². The second-order valence-electron chi connectivity index (χ2n) is 7.08. The van der Waals surface area contributed by atoms with Crippen molar-refractivity contribution in [1.82, 2.24) is 0 Å². The van der Waals surface area contributed by atoms with E-state index in [4.69, 9.17) is 16.3 Å². The standard InChI is InChI=1S/C19H23ClN2O3S/c1-10-7-13(14(25-6)9-12(10)20)21-17(23)16-11(2)8-15(26-16)22-18(24)19(3,4)5/h7-9H,1-6H3,(H,21,23)(H,22,24). The molecule has 1 aromatic carbocycles. The van der Waals surface area contributed by atoms with E-state index in [-0.39, 0.29) is 11.8 Å². The molecule has 0 aliphatic rings. The molecule has 0 saturated carbocycles. The summed E-state index contributed by atoms with van der Waals surface area (Å²) in [6.45, 7) is 9.21. The Bertz CT molecular complexity index is 853. The number of halogens is 1. The van der Waals surface area contributed by atoms with Crippen LogP contribution in [-0.4, -0.2) is 18.9 Å². The van der Waals surface area contributed by atoms with Gasteiger partial charge in [0.05, 0.1) is 22.7 Å². The van der Waals surface area contributed by atoms with Gasteiger partial charge in [0, 0.05) is 16.5 Å². The highest BCUT2D eigenvalue weighted by Gasteiger charge is 2.23. The zero-order valence-electron chi connectivity index (χ0n) is 15.7. The molecule has 7 heteroatoms. The maximum Gasteiger partial charge on any atom is 0.266 e. The zero-order valence-corrected chi connectivity index (χ0v) is 17.3. The Morgan fingerprint density at radius 2 is 1.73 bits per heavy atom. The summed E-state index contributed by atoms with van der Waals surface area (Å²) >= 11 is 7.34. The predicted molar refractivity (Wildman–Crippen MR) is 108 cm³/mol. The van der Waals surface area contributed by atoms with E-state index in [1.165, 1.54) is 18.4 Å². The third-order valence-electron chi connectivity index (χ3n) is 3.77. The van der Waals surface area contributed by atoms with E-state index in [2.05, 4.69) is 10.6 Å². The Balaban J connectivity index is 2.24. The molecular formula is C19H23ClN2O3S. The fraction of sp³-hybridized carbons (Fsp3) is 0.368. The largest absolute Gasteiger partial charge is 0.495 e. The number of thiophene rings is 1. The van der Waals surface area contributed by atoms with Gasteiger partial charge in [0.25, 0.3) is 5.91 Å². The molecule has 0 unspecified atom stereocenters. The summed E-state index contributed by atoms with van der Waals surface area (Å²) in [6, 6.07) is 5.24. The van der Waals surface area contributed by atoms with E-state index in [1.807, 2.05) is 34.6 Å². The van der Waals surface area contributed by atoms with Gasteiger partial charge >= 0.3 is 0 Å². The number of hydrogen-bond donors (Lipinski definition) is 2. The van der Waals surface area contributed by atoms with Crippen LogP contribution in [0.15, 0.2) is 18.2 Å². The van der Waals surface area contributed by atoms with E-state index < -0.39 is 5.41 Å². The van der Waals surface area contributed by atoms with Crippen LogP contribution >= 0.6 is 22.9 Å².